The summed E-state index contributed by atoms with van der Waals surface area (Å²) >= 11 is 2.15. The monoisotopic (exact) mass is 249 g/mol. The summed E-state index contributed by atoms with van der Waals surface area (Å²) in [5.41, 5.74) is 0. The summed E-state index contributed by atoms with van der Waals surface area (Å²) in [6.45, 7) is 2.88. The second kappa shape index (κ2) is 3.70. The molecule has 0 aliphatic carbocycles. The first-order valence-electron chi connectivity index (χ1n) is 3.05. The van der Waals surface area contributed by atoms with E-state index in [-0.39, 0.29) is 0 Å². The van der Waals surface area contributed by atoms with E-state index in [1.165, 1.54) is 0 Å². The van der Waals surface area contributed by atoms with Gasteiger partial charge in [0.2, 0.25) is 5.95 Å². The molecule has 0 saturated heterocycles. The van der Waals surface area contributed by atoms with E-state index in [4.69, 9.17) is 0 Å². The molecule has 0 bridgehead atoms. The zero-order valence-corrected chi connectivity index (χ0v) is 7.79. The molecule has 4 heteroatoms. The van der Waals surface area contributed by atoms with Crippen LogP contribution in [-0.2, 0) is 0 Å². The number of rotatable bonds is 2. The summed E-state index contributed by atoms with van der Waals surface area (Å²) in [6.07, 6.45) is 1.74. The van der Waals surface area contributed by atoms with Crippen molar-refractivity contribution in [2.24, 2.45) is 0 Å². The Morgan fingerprint density at radius 2 is 2.50 bits per heavy atom. The van der Waals surface area contributed by atoms with E-state index in [9.17, 15) is 0 Å². The van der Waals surface area contributed by atoms with Gasteiger partial charge < -0.3 is 5.32 Å². The highest BCUT2D eigenvalue weighted by Crippen LogP contribution is 2.01. The lowest BCUT2D eigenvalue weighted by atomic mass is 10.6. The molecule has 0 aliphatic rings. The molecule has 1 N–H and O–H groups in total. The maximum Gasteiger partial charge on any atom is 0.223 e. The van der Waals surface area contributed by atoms with E-state index >= 15 is 0 Å². The zero-order chi connectivity index (χ0) is 7.40. The van der Waals surface area contributed by atoms with Gasteiger partial charge in [-0.25, -0.2) is 9.97 Å². The van der Waals surface area contributed by atoms with Crippen molar-refractivity contribution in [2.75, 3.05) is 11.9 Å². The molecule has 54 valence electrons. The molecule has 0 aliphatic heterocycles. The topological polar surface area (TPSA) is 37.8 Å². The van der Waals surface area contributed by atoms with Crippen molar-refractivity contribution in [2.45, 2.75) is 6.92 Å². The van der Waals surface area contributed by atoms with Crippen molar-refractivity contribution >= 4 is 28.5 Å². The Balaban J connectivity index is 2.75. The molecule has 0 atom stereocenters. The van der Waals surface area contributed by atoms with E-state index in [1.807, 2.05) is 13.0 Å². The first kappa shape index (κ1) is 7.71. The number of anilines is 1. The second-order valence-corrected chi connectivity index (χ2v) is 2.84. The highest BCUT2D eigenvalue weighted by Gasteiger charge is 1.91. The minimum Gasteiger partial charge on any atom is -0.354 e. The standard InChI is InChI=1S/C6H8IN3/c1-2-8-6-9-4-3-5(7)10-6/h3-4H,2H2,1H3,(H,8,9,10). The van der Waals surface area contributed by atoms with Crippen molar-refractivity contribution in [3.8, 4) is 0 Å². The van der Waals surface area contributed by atoms with Crippen molar-refractivity contribution in [3.05, 3.63) is 16.0 Å². The predicted octanol–water partition coefficient (Wildman–Crippen LogP) is 1.51. The minimum atomic E-state index is 0.703. The van der Waals surface area contributed by atoms with Crippen LogP contribution in [0.2, 0.25) is 0 Å². The second-order valence-electron chi connectivity index (χ2n) is 1.73. The summed E-state index contributed by atoms with van der Waals surface area (Å²) in [5.74, 6) is 0.703. The van der Waals surface area contributed by atoms with Crippen LogP contribution in [0.3, 0.4) is 0 Å². The summed E-state index contributed by atoms with van der Waals surface area (Å²) < 4.78 is 0.962. The molecule has 0 radical (unpaired) electrons. The fourth-order valence-electron chi connectivity index (χ4n) is 0.580. The van der Waals surface area contributed by atoms with Gasteiger partial charge in [0.25, 0.3) is 0 Å². The third-order valence-electron chi connectivity index (χ3n) is 0.956. The smallest absolute Gasteiger partial charge is 0.223 e. The first-order chi connectivity index (χ1) is 4.83. The number of hydrogen-bond acceptors (Lipinski definition) is 3. The van der Waals surface area contributed by atoms with Gasteiger partial charge in [0.1, 0.15) is 3.70 Å². The lowest BCUT2D eigenvalue weighted by Crippen LogP contribution is -2.01. The summed E-state index contributed by atoms with van der Waals surface area (Å²) in [4.78, 5) is 8.13. The molecule has 1 aromatic heterocycles. The summed E-state index contributed by atoms with van der Waals surface area (Å²) in [7, 11) is 0. The highest BCUT2D eigenvalue weighted by atomic mass is 127. The van der Waals surface area contributed by atoms with Crippen LogP contribution >= 0.6 is 22.6 Å². The summed E-state index contributed by atoms with van der Waals surface area (Å²) in [6, 6.07) is 1.86. The van der Waals surface area contributed by atoms with Gasteiger partial charge in [-0.05, 0) is 35.6 Å². The van der Waals surface area contributed by atoms with Crippen LogP contribution in [0.1, 0.15) is 6.92 Å². The predicted molar refractivity (Wildman–Crippen MR) is 48.9 cm³/mol. The Morgan fingerprint density at radius 3 is 3.10 bits per heavy atom. The summed E-state index contributed by atoms with van der Waals surface area (Å²) in [5, 5.41) is 3.02. The van der Waals surface area contributed by atoms with Crippen LogP contribution in [0, 0.1) is 3.70 Å². The normalized spacial score (nSPS) is 9.40. The Labute approximate surface area is 73.4 Å². The van der Waals surface area contributed by atoms with Crippen LogP contribution in [0.4, 0.5) is 5.95 Å². The van der Waals surface area contributed by atoms with Crippen LogP contribution in [-0.4, -0.2) is 16.5 Å². The molecule has 1 rings (SSSR count). The Bertz CT molecular complexity index is 214. The molecule has 0 amide bonds. The maximum atomic E-state index is 4.13. The quantitative estimate of drug-likeness (QED) is 0.637. The molecular formula is C6H8IN3. The van der Waals surface area contributed by atoms with Crippen molar-refractivity contribution < 1.29 is 0 Å². The van der Waals surface area contributed by atoms with Gasteiger partial charge in [0.15, 0.2) is 0 Å². The molecule has 0 saturated carbocycles. The van der Waals surface area contributed by atoms with Gasteiger partial charge >= 0.3 is 0 Å². The number of halogens is 1. The fraction of sp³-hybridized carbons (Fsp3) is 0.333. The van der Waals surface area contributed by atoms with Gasteiger partial charge in [0, 0.05) is 12.7 Å². The van der Waals surface area contributed by atoms with Crippen LogP contribution in [0.25, 0.3) is 0 Å². The van der Waals surface area contributed by atoms with Gasteiger partial charge in [-0.1, -0.05) is 0 Å². The molecule has 0 unspecified atom stereocenters. The van der Waals surface area contributed by atoms with E-state index in [1.54, 1.807) is 6.20 Å². The van der Waals surface area contributed by atoms with Crippen molar-refractivity contribution in [3.63, 3.8) is 0 Å². The van der Waals surface area contributed by atoms with Crippen LogP contribution in [0.15, 0.2) is 12.3 Å². The molecule has 0 spiro atoms. The largest absolute Gasteiger partial charge is 0.354 e. The average Bonchev–Trinajstić information content (AvgIpc) is 1.88. The lowest BCUT2D eigenvalue weighted by molar-refractivity contribution is 1.07. The molecule has 0 aromatic carbocycles. The third kappa shape index (κ3) is 2.09. The Kier molecular flexibility index (Phi) is 2.85. The third-order valence-corrected chi connectivity index (χ3v) is 1.56. The van der Waals surface area contributed by atoms with E-state index < -0.39 is 0 Å². The van der Waals surface area contributed by atoms with Gasteiger partial charge in [0.05, 0.1) is 0 Å². The number of nitrogens with zero attached hydrogens (tertiary/aromatic N) is 2. The van der Waals surface area contributed by atoms with E-state index in [0.29, 0.717) is 5.95 Å². The van der Waals surface area contributed by atoms with Gasteiger partial charge in [-0.3, -0.25) is 0 Å². The van der Waals surface area contributed by atoms with E-state index in [0.717, 1.165) is 10.2 Å². The molecule has 1 aromatic rings. The Hall–Kier alpha value is -0.390. The lowest BCUT2D eigenvalue weighted by Gasteiger charge is -1.98. The molecule has 3 nitrogen and oxygen atoms in total. The molecular weight excluding hydrogens is 241 g/mol. The van der Waals surface area contributed by atoms with Crippen molar-refractivity contribution in [1.82, 2.24) is 9.97 Å². The first-order valence-corrected chi connectivity index (χ1v) is 4.13. The minimum absolute atomic E-state index is 0.703. The van der Waals surface area contributed by atoms with Crippen LogP contribution < -0.4 is 5.32 Å². The highest BCUT2D eigenvalue weighted by molar-refractivity contribution is 14.1. The van der Waals surface area contributed by atoms with Gasteiger partial charge in [-0.2, -0.15) is 0 Å². The van der Waals surface area contributed by atoms with Crippen LogP contribution in [0.5, 0.6) is 0 Å². The van der Waals surface area contributed by atoms with Crippen molar-refractivity contribution in [1.29, 1.82) is 0 Å². The molecule has 10 heavy (non-hydrogen) atoms. The number of hydrogen-bond donors (Lipinski definition) is 1. The molecule has 0 fully saturated rings. The van der Waals surface area contributed by atoms with Gasteiger partial charge in [-0.15, -0.1) is 0 Å². The molecule has 1 heterocycles. The zero-order valence-electron chi connectivity index (χ0n) is 5.63. The van der Waals surface area contributed by atoms with E-state index in [2.05, 4.69) is 37.9 Å². The average molecular weight is 249 g/mol. The fourth-order valence-corrected chi connectivity index (χ4v) is 0.969. The SMILES string of the molecule is CCNc1nccc(I)n1. The number of nitrogens with one attached hydrogen (secondary N) is 1. The number of aromatic nitrogens is 2. The Morgan fingerprint density at radius 1 is 1.70 bits per heavy atom. The maximum absolute atomic E-state index is 4.13.